The smallest absolute Gasteiger partial charge is 0.0224 e. The van der Waals surface area contributed by atoms with Crippen LogP contribution >= 0.6 is 0 Å². The molecular weight excluding hydrogens is 156 g/mol. The van der Waals surface area contributed by atoms with E-state index in [2.05, 4.69) is 49.4 Å². The Balaban J connectivity index is 2.41. The van der Waals surface area contributed by atoms with Crippen LogP contribution in [0.4, 0.5) is 0 Å². The van der Waals surface area contributed by atoms with Gasteiger partial charge in [0, 0.05) is 0 Å². The van der Waals surface area contributed by atoms with E-state index < -0.39 is 0 Å². The first-order chi connectivity index (χ1) is 6.36. The minimum absolute atomic E-state index is 1.16. The van der Waals surface area contributed by atoms with Gasteiger partial charge in [0.15, 0.2) is 0 Å². The van der Waals surface area contributed by atoms with Gasteiger partial charge in [-0.1, -0.05) is 48.1 Å². The highest BCUT2D eigenvalue weighted by atomic mass is 14.0. The van der Waals surface area contributed by atoms with Gasteiger partial charge in [-0.15, -0.1) is 0 Å². The van der Waals surface area contributed by atoms with Crippen molar-refractivity contribution in [2.45, 2.75) is 19.8 Å². The lowest BCUT2D eigenvalue weighted by atomic mass is 9.99. The molecule has 66 valence electrons. The van der Waals surface area contributed by atoms with Crippen molar-refractivity contribution in [1.29, 1.82) is 0 Å². The highest BCUT2D eigenvalue weighted by molar-refractivity contribution is 5.57. The van der Waals surface area contributed by atoms with E-state index in [9.17, 15) is 0 Å². The molecule has 0 saturated heterocycles. The van der Waals surface area contributed by atoms with Crippen LogP contribution in [0.1, 0.15) is 24.5 Å². The first kappa shape index (κ1) is 8.31. The van der Waals surface area contributed by atoms with Gasteiger partial charge in [0.1, 0.15) is 0 Å². The molecule has 0 unspecified atom stereocenters. The van der Waals surface area contributed by atoms with Crippen molar-refractivity contribution >= 4 is 6.08 Å². The van der Waals surface area contributed by atoms with Gasteiger partial charge in [0.05, 0.1) is 0 Å². The van der Waals surface area contributed by atoms with Gasteiger partial charge in [0.2, 0.25) is 0 Å². The fraction of sp³-hybridized carbons (Fsp3) is 0.231. The van der Waals surface area contributed by atoms with E-state index in [1.807, 2.05) is 0 Å². The third-order valence-electron chi connectivity index (χ3n) is 2.46. The maximum Gasteiger partial charge on any atom is -0.0224 e. The van der Waals surface area contributed by atoms with E-state index >= 15 is 0 Å². The highest BCUT2D eigenvalue weighted by Crippen LogP contribution is 2.17. The van der Waals surface area contributed by atoms with Crippen molar-refractivity contribution in [2.75, 3.05) is 0 Å². The van der Waals surface area contributed by atoms with Crippen LogP contribution in [-0.2, 0) is 6.42 Å². The van der Waals surface area contributed by atoms with Crippen LogP contribution in [0.2, 0.25) is 0 Å². The van der Waals surface area contributed by atoms with Crippen molar-refractivity contribution in [1.82, 2.24) is 0 Å². The van der Waals surface area contributed by atoms with Gasteiger partial charge >= 0.3 is 0 Å². The summed E-state index contributed by atoms with van der Waals surface area (Å²) < 4.78 is 0. The Bertz CT molecular complexity index is 356. The van der Waals surface area contributed by atoms with Crippen LogP contribution in [0, 0.1) is 0 Å². The summed E-state index contributed by atoms with van der Waals surface area (Å²) in [5, 5.41) is 0. The van der Waals surface area contributed by atoms with Gasteiger partial charge in [-0.2, -0.15) is 0 Å². The number of rotatable bonds is 0. The zero-order valence-corrected chi connectivity index (χ0v) is 7.96. The minimum atomic E-state index is 1.16. The topological polar surface area (TPSA) is 0 Å². The SMILES string of the molecule is CC1=C\CCc2ccccc2/C=C\1. The van der Waals surface area contributed by atoms with E-state index in [0.29, 0.717) is 0 Å². The lowest BCUT2D eigenvalue weighted by Crippen LogP contribution is -1.90. The molecule has 0 spiro atoms. The maximum absolute atomic E-state index is 2.30. The van der Waals surface area contributed by atoms with Gasteiger partial charge in [-0.05, 0) is 30.9 Å². The average molecular weight is 170 g/mol. The normalized spacial score (nSPS) is 22.1. The van der Waals surface area contributed by atoms with Crippen LogP contribution in [0.3, 0.4) is 0 Å². The Hall–Kier alpha value is -1.30. The third-order valence-corrected chi connectivity index (χ3v) is 2.46. The second-order valence-electron chi connectivity index (χ2n) is 3.52. The summed E-state index contributed by atoms with van der Waals surface area (Å²) >= 11 is 0. The van der Waals surface area contributed by atoms with Crippen molar-refractivity contribution < 1.29 is 0 Å². The molecule has 0 bridgehead atoms. The average Bonchev–Trinajstić information content (AvgIpc) is 2.13. The van der Waals surface area contributed by atoms with Crippen molar-refractivity contribution in [2.24, 2.45) is 0 Å². The van der Waals surface area contributed by atoms with Crippen LogP contribution in [0.5, 0.6) is 0 Å². The summed E-state index contributed by atoms with van der Waals surface area (Å²) in [7, 11) is 0. The predicted octanol–water partition coefficient (Wildman–Crippen LogP) is 3.59. The number of hydrogen-bond donors (Lipinski definition) is 0. The molecule has 13 heavy (non-hydrogen) atoms. The molecule has 0 saturated carbocycles. The lowest BCUT2D eigenvalue weighted by molar-refractivity contribution is 0.987. The molecule has 1 aliphatic rings. The number of benzene rings is 1. The van der Waals surface area contributed by atoms with E-state index in [1.54, 1.807) is 0 Å². The highest BCUT2D eigenvalue weighted by Gasteiger charge is 1.99. The third kappa shape index (κ3) is 1.89. The Morgan fingerprint density at radius 1 is 1.08 bits per heavy atom. The van der Waals surface area contributed by atoms with Crippen LogP contribution in [-0.4, -0.2) is 0 Å². The second-order valence-corrected chi connectivity index (χ2v) is 3.52. The molecular formula is C13H14. The summed E-state index contributed by atoms with van der Waals surface area (Å²) in [6.45, 7) is 2.16. The maximum atomic E-state index is 2.30. The summed E-state index contributed by atoms with van der Waals surface area (Å²) in [5.41, 5.74) is 4.20. The minimum Gasteiger partial charge on any atom is -0.0813 e. The number of aryl methyl sites for hydroxylation is 1. The molecule has 2 rings (SSSR count). The summed E-state index contributed by atoms with van der Waals surface area (Å²) in [6, 6.07) is 8.62. The molecule has 0 heteroatoms. The van der Waals surface area contributed by atoms with Gasteiger partial charge in [-0.3, -0.25) is 0 Å². The quantitative estimate of drug-likeness (QED) is 0.558. The molecule has 0 radical (unpaired) electrons. The lowest BCUT2D eigenvalue weighted by Gasteiger charge is -2.07. The Kier molecular flexibility index (Phi) is 2.31. The van der Waals surface area contributed by atoms with E-state index in [4.69, 9.17) is 0 Å². The molecule has 0 atom stereocenters. The second kappa shape index (κ2) is 3.61. The molecule has 0 heterocycles. The van der Waals surface area contributed by atoms with Crippen molar-refractivity contribution in [3.8, 4) is 0 Å². The van der Waals surface area contributed by atoms with Gasteiger partial charge in [-0.25, -0.2) is 0 Å². The summed E-state index contributed by atoms with van der Waals surface area (Å²) in [6.07, 6.45) is 9.02. The van der Waals surface area contributed by atoms with Gasteiger partial charge in [0.25, 0.3) is 0 Å². The number of allylic oxidation sites excluding steroid dienone is 3. The van der Waals surface area contributed by atoms with Crippen LogP contribution in [0.15, 0.2) is 42.0 Å². The van der Waals surface area contributed by atoms with Crippen molar-refractivity contribution in [3.05, 3.63) is 53.1 Å². The summed E-state index contributed by atoms with van der Waals surface area (Å²) in [5.74, 6) is 0. The molecule has 1 aliphatic carbocycles. The van der Waals surface area contributed by atoms with E-state index in [0.717, 1.165) is 12.8 Å². The zero-order valence-electron chi connectivity index (χ0n) is 7.96. The van der Waals surface area contributed by atoms with Crippen LogP contribution < -0.4 is 0 Å². The van der Waals surface area contributed by atoms with Gasteiger partial charge < -0.3 is 0 Å². The molecule has 1 aromatic carbocycles. The monoisotopic (exact) mass is 170 g/mol. The predicted molar refractivity (Wildman–Crippen MR) is 57.6 cm³/mol. The Morgan fingerprint density at radius 3 is 2.85 bits per heavy atom. The number of hydrogen-bond acceptors (Lipinski definition) is 0. The first-order valence-corrected chi connectivity index (χ1v) is 4.79. The zero-order chi connectivity index (χ0) is 9.10. The summed E-state index contributed by atoms with van der Waals surface area (Å²) in [4.78, 5) is 0. The Morgan fingerprint density at radius 2 is 1.92 bits per heavy atom. The molecule has 0 aliphatic heterocycles. The largest absolute Gasteiger partial charge is 0.0813 e. The Labute approximate surface area is 79.6 Å². The molecule has 0 nitrogen and oxygen atoms in total. The molecule has 1 aromatic rings. The van der Waals surface area contributed by atoms with E-state index in [1.165, 1.54) is 16.7 Å². The number of fused-ring (bicyclic) bond motifs is 1. The molecule has 0 aromatic heterocycles. The first-order valence-electron chi connectivity index (χ1n) is 4.79. The van der Waals surface area contributed by atoms with Crippen LogP contribution in [0.25, 0.3) is 6.08 Å². The molecule has 0 amide bonds. The fourth-order valence-corrected chi connectivity index (χ4v) is 1.67. The molecule has 0 fully saturated rings. The standard InChI is InChI=1S/C13H14/c1-11-5-4-8-12-6-2-3-7-13(12)10-9-11/h2-3,5-7,9-10H,4,8H2,1H3/b10-9-,11-5+. The molecule has 0 N–H and O–H groups in total. The van der Waals surface area contributed by atoms with Crippen molar-refractivity contribution in [3.63, 3.8) is 0 Å². The van der Waals surface area contributed by atoms with E-state index in [-0.39, 0.29) is 0 Å². The fourth-order valence-electron chi connectivity index (χ4n) is 1.67.